The zero-order valence-electron chi connectivity index (χ0n) is 17.0. The third kappa shape index (κ3) is 4.63. The van der Waals surface area contributed by atoms with Gasteiger partial charge in [-0.05, 0) is 37.0 Å². The lowest BCUT2D eigenvalue weighted by molar-refractivity contribution is -0.138. The van der Waals surface area contributed by atoms with Crippen LogP contribution >= 0.6 is 0 Å². The van der Waals surface area contributed by atoms with Gasteiger partial charge in [0.25, 0.3) is 0 Å². The molecule has 1 aromatic rings. The smallest absolute Gasteiger partial charge is 0.348 e. The van der Waals surface area contributed by atoms with Crippen molar-refractivity contribution in [2.24, 2.45) is 23.5 Å². The molecule has 0 aromatic carbocycles. The molecule has 1 heterocycles. The lowest BCUT2D eigenvalue weighted by Crippen LogP contribution is -2.33. The van der Waals surface area contributed by atoms with Crippen molar-refractivity contribution in [3.8, 4) is 0 Å². The molecule has 0 aliphatic heterocycles. The van der Waals surface area contributed by atoms with Gasteiger partial charge in [0.1, 0.15) is 17.4 Å². The van der Waals surface area contributed by atoms with Gasteiger partial charge >= 0.3 is 11.6 Å². The highest BCUT2D eigenvalue weighted by atomic mass is 16.4. The molecule has 4 N–H and O–H groups in total. The first-order chi connectivity index (χ1) is 14.3. The summed E-state index contributed by atoms with van der Waals surface area (Å²) in [6.07, 6.45) is 8.98. The molecule has 5 unspecified atom stereocenters. The molecular formula is C22H28N2O6. The maximum atomic E-state index is 12.5. The molecule has 3 rings (SSSR count). The largest absolute Gasteiger partial charge is 0.480 e. The third-order valence-electron chi connectivity index (χ3n) is 6.33. The van der Waals surface area contributed by atoms with Crippen molar-refractivity contribution < 1.29 is 23.9 Å². The minimum Gasteiger partial charge on any atom is -0.480 e. The highest BCUT2D eigenvalue weighted by molar-refractivity contribution is 5.86. The zero-order valence-corrected chi connectivity index (χ0v) is 17.0. The van der Waals surface area contributed by atoms with Crippen molar-refractivity contribution in [3.05, 3.63) is 40.0 Å². The quantitative estimate of drug-likeness (QED) is 0.437. The van der Waals surface area contributed by atoms with Crippen LogP contribution in [-0.2, 0) is 9.59 Å². The number of carbonyl (C=O) groups is 3. The van der Waals surface area contributed by atoms with Gasteiger partial charge in [-0.1, -0.05) is 31.9 Å². The van der Waals surface area contributed by atoms with Crippen molar-refractivity contribution in [3.63, 3.8) is 0 Å². The predicted molar refractivity (Wildman–Crippen MR) is 110 cm³/mol. The van der Waals surface area contributed by atoms with E-state index in [2.05, 4.69) is 24.4 Å². The van der Waals surface area contributed by atoms with Gasteiger partial charge in [0.15, 0.2) is 6.29 Å². The number of aldehydes is 1. The summed E-state index contributed by atoms with van der Waals surface area (Å²) in [6, 6.07) is 0.411. The fourth-order valence-corrected chi connectivity index (χ4v) is 4.82. The summed E-state index contributed by atoms with van der Waals surface area (Å²) in [6.45, 7) is 2.07. The number of allylic oxidation sites excluding steroid dienone is 2. The first-order valence-electron chi connectivity index (χ1n) is 10.4. The highest BCUT2D eigenvalue weighted by Gasteiger charge is 2.38. The Labute approximate surface area is 174 Å². The Bertz CT molecular complexity index is 905. The second-order valence-electron chi connectivity index (χ2n) is 8.30. The molecular weight excluding hydrogens is 388 g/mol. The first-order valence-corrected chi connectivity index (χ1v) is 10.4. The molecule has 30 heavy (non-hydrogen) atoms. The average molecular weight is 416 g/mol. The standard InChI is InChI=1S/C22H28N2O6/c1-12-6-7-13-4-2-3-5-14(13)20(12)18-10-17(15(11-25)22(29)30-18)24-16(21(27)28)8-9-19(23)26/h6-7,10-14,16,20,24H,2-5,8-9H2,1H3,(H2,23,26)(H,27,28). The summed E-state index contributed by atoms with van der Waals surface area (Å²) in [5.74, 6) is -0.490. The summed E-state index contributed by atoms with van der Waals surface area (Å²) in [4.78, 5) is 46.7. The van der Waals surface area contributed by atoms with E-state index in [0.29, 0.717) is 23.9 Å². The van der Waals surface area contributed by atoms with Crippen LogP contribution in [-0.4, -0.2) is 29.3 Å². The second-order valence-corrected chi connectivity index (χ2v) is 8.30. The highest BCUT2D eigenvalue weighted by Crippen LogP contribution is 2.48. The van der Waals surface area contributed by atoms with Crippen LogP contribution in [0, 0.1) is 17.8 Å². The fourth-order valence-electron chi connectivity index (χ4n) is 4.82. The summed E-state index contributed by atoms with van der Waals surface area (Å²) < 4.78 is 5.56. The van der Waals surface area contributed by atoms with Gasteiger partial charge in [-0.3, -0.25) is 9.59 Å². The number of hydrogen-bond donors (Lipinski definition) is 3. The number of hydrogen-bond acceptors (Lipinski definition) is 6. The number of fused-ring (bicyclic) bond motifs is 1. The van der Waals surface area contributed by atoms with Gasteiger partial charge < -0.3 is 20.6 Å². The number of aliphatic carboxylic acids is 1. The molecule has 0 spiro atoms. The fraction of sp³-hybridized carbons (Fsp3) is 0.545. The monoisotopic (exact) mass is 416 g/mol. The Morgan fingerprint density at radius 1 is 1.33 bits per heavy atom. The molecule has 0 saturated heterocycles. The van der Waals surface area contributed by atoms with Gasteiger partial charge in [-0.2, -0.15) is 0 Å². The summed E-state index contributed by atoms with van der Waals surface area (Å²) in [5.41, 5.74) is 4.19. The summed E-state index contributed by atoms with van der Waals surface area (Å²) in [5, 5.41) is 12.2. The van der Waals surface area contributed by atoms with E-state index in [1.54, 1.807) is 6.07 Å². The van der Waals surface area contributed by atoms with E-state index in [4.69, 9.17) is 10.2 Å². The molecule has 8 nitrogen and oxygen atoms in total. The number of primary amides is 1. The van der Waals surface area contributed by atoms with Crippen molar-refractivity contribution in [1.82, 2.24) is 0 Å². The Kier molecular flexibility index (Phi) is 6.74. The number of anilines is 1. The number of carbonyl (C=O) groups excluding carboxylic acids is 2. The Morgan fingerprint density at radius 3 is 2.73 bits per heavy atom. The van der Waals surface area contributed by atoms with Crippen LogP contribution < -0.4 is 16.7 Å². The maximum Gasteiger partial charge on any atom is 0.348 e. The molecule has 1 saturated carbocycles. The predicted octanol–water partition coefficient (Wildman–Crippen LogP) is 2.68. The molecule has 1 aromatic heterocycles. The van der Waals surface area contributed by atoms with Gasteiger partial charge in [0, 0.05) is 18.4 Å². The third-order valence-corrected chi connectivity index (χ3v) is 6.33. The van der Waals surface area contributed by atoms with Crippen LogP contribution in [0.2, 0.25) is 0 Å². The van der Waals surface area contributed by atoms with Crippen LogP contribution in [0.3, 0.4) is 0 Å². The Balaban J connectivity index is 1.97. The molecule has 2 aliphatic rings. The van der Waals surface area contributed by atoms with Gasteiger partial charge in [0.05, 0.1) is 5.69 Å². The van der Waals surface area contributed by atoms with E-state index in [1.807, 2.05) is 0 Å². The number of rotatable bonds is 8. The van der Waals surface area contributed by atoms with Crippen molar-refractivity contribution in [2.45, 2.75) is 57.4 Å². The van der Waals surface area contributed by atoms with Crippen molar-refractivity contribution in [2.75, 3.05) is 5.32 Å². The Hall–Kier alpha value is -2.90. The van der Waals surface area contributed by atoms with Gasteiger partial charge in [-0.15, -0.1) is 0 Å². The van der Waals surface area contributed by atoms with E-state index >= 15 is 0 Å². The van der Waals surface area contributed by atoms with Crippen molar-refractivity contribution in [1.29, 1.82) is 0 Å². The Morgan fingerprint density at radius 2 is 2.07 bits per heavy atom. The lowest BCUT2D eigenvalue weighted by atomic mass is 9.64. The van der Waals surface area contributed by atoms with Crippen molar-refractivity contribution >= 4 is 23.9 Å². The second kappa shape index (κ2) is 9.28. The van der Waals surface area contributed by atoms with Gasteiger partial charge in [-0.25, -0.2) is 9.59 Å². The maximum absolute atomic E-state index is 12.5. The van der Waals surface area contributed by atoms with E-state index in [-0.39, 0.29) is 35.9 Å². The summed E-state index contributed by atoms with van der Waals surface area (Å²) >= 11 is 0. The van der Waals surface area contributed by atoms with Crippen LogP contribution in [0.25, 0.3) is 0 Å². The van der Waals surface area contributed by atoms with E-state index in [9.17, 15) is 24.3 Å². The van der Waals surface area contributed by atoms with Crippen LogP contribution in [0.1, 0.15) is 67.5 Å². The SMILES string of the molecule is CC1C=CC2CCCCC2C1c1cc(NC(CCC(N)=O)C(=O)O)c(C=O)c(=O)o1. The van der Waals surface area contributed by atoms with E-state index in [0.717, 1.165) is 19.3 Å². The number of carboxylic acids is 1. The molecule has 162 valence electrons. The molecule has 1 fully saturated rings. The summed E-state index contributed by atoms with van der Waals surface area (Å²) in [7, 11) is 0. The molecule has 1 amide bonds. The zero-order chi connectivity index (χ0) is 21.8. The minimum atomic E-state index is -1.20. The molecule has 2 aliphatic carbocycles. The molecule has 8 heteroatoms. The van der Waals surface area contributed by atoms with Crippen LogP contribution in [0.4, 0.5) is 5.69 Å². The molecule has 0 radical (unpaired) electrons. The normalized spacial score (nSPS) is 26.4. The van der Waals surface area contributed by atoms with Gasteiger partial charge in [0.2, 0.25) is 5.91 Å². The molecule has 0 bridgehead atoms. The number of nitrogens with one attached hydrogen (secondary N) is 1. The topological polar surface area (TPSA) is 140 Å². The molecule has 5 atom stereocenters. The number of carboxylic acid groups (broad SMARTS) is 1. The number of amides is 1. The van der Waals surface area contributed by atoms with Crippen LogP contribution in [0.15, 0.2) is 27.4 Å². The first kappa shape index (κ1) is 21.8. The van der Waals surface area contributed by atoms with E-state index in [1.165, 1.54) is 6.42 Å². The van der Waals surface area contributed by atoms with Crippen LogP contribution in [0.5, 0.6) is 0 Å². The average Bonchev–Trinajstić information content (AvgIpc) is 2.70. The number of nitrogens with two attached hydrogens (primary N) is 1. The minimum absolute atomic E-state index is 0.0249. The van der Waals surface area contributed by atoms with E-state index < -0.39 is 23.5 Å². The lowest BCUT2D eigenvalue weighted by Gasteiger charge is -2.40.